The first-order valence-electron chi connectivity index (χ1n) is 10.5. The highest BCUT2D eigenvalue weighted by Crippen LogP contribution is 2.40. The van der Waals surface area contributed by atoms with Crippen molar-refractivity contribution in [3.63, 3.8) is 0 Å². The molecule has 1 N–H and O–H groups in total. The van der Waals surface area contributed by atoms with Crippen molar-refractivity contribution in [2.75, 3.05) is 34.4 Å². The van der Waals surface area contributed by atoms with E-state index in [4.69, 9.17) is 14.2 Å². The SMILES string of the molecule is COc1cccc(C(=O)N2C[C@@H](C(=O)NC3CC3)[C@H](c3ccc(OC)cc3OC)C2)c1. The average Bonchev–Trinajstić information content (AvgIpc) is 3.51. The maximum absolute atomic E-state index is 13.2. The monoisotopic (exact) mass is 424 g/mol. The largest absolute Gasteiger partial charge is 0.497 e. The van der Waals surface area contributed by atoms with E-state index in [1.54, 1.807) is 50.5 Å². The van der Waals surface area contributed by atoms with Gasteiger partial charge in [-0.2, -0.15) is 0 Å². The Kier molecular flexibility index (Phi) is 6.02. The predicted molar refractivity (Wildman–Crippen MR) is 116 cm³/mol. The average molecular weight is 424 g/mol. The Morgan fingerprint density at radius 2 is 1.68 bits per heavy atom. The number of carbonyl (C=O) groups is 2. The van der Waals surface area contributed by atoms with Crippen molar-refractivity contribution in [2.24, 2.45) is 5.92 Å². The van der Waals surface area contributed by atoms with Gasteiger partial charge in [0, 0.05) is 42.2 Å². The summed E-state index contributed by atoms with van der Waals surface area (Å²) < 4.78 is 16.2. The lowest BCUT2D eigenvalue weighted by Crippen LogP contribution is -2.36. The highest BCUT2D eigenvalue weighted by Gasteiger charge is 2.43. The summed E-state index contributed by atoms with van der Waals surface area (Å²) in [6.07, 6.45) is 2.03. The Balaban J connectivity index is 1.63. The van der Waals surface area contributed by atoms with E-state index in [9.17, 15) is 9.59 Å². The van der Waals surface area contributed by atoms with Gasteiger partial charge in [0.1, 0.15) is 17.2 Å². The summed E-state index contributed by atoms with van der Waals surface area (Å²) in [4.78, 5) is 28.1. The van der Waals surface area contributed by atoms with Gasteiger partial charge in [-0.15, -0.1) is 0 Å². The molecule has 2 aliphatic rings. The fourth-order valence-electron chi connectivity index (χ4n) is 4.15. The van der Waals surface area contributed by atoms with E-state index in [2.05, 4.69) is 5.32 Å². The summed E-state index contributed by atoms with van der Waals surface area (Å²) in [6.45, 7) is 0.788. The van der Waals surface area contributed by atoms with Crippen LogP contribution in [0.2, 0.25) is 0 Å². The number of benzene rings is 2. The van der Waals surface area contributed by atoms with Crippen LogP contribution in [0.3, 0.4) is 0 Å². The number of hydrogen-bond donors (Lipinski definition) is 1. The molecular formula is C24H28N2O5. The summed E-state index contributed by atoms with van der Waals surface area (Å²) in [6, 6.07) is 13.0. The van der Waals surface area contributed by atoms with E-state index < -0.39 is 0 Å². The van der Waals surface area contributed by atoms with Crippen molar-refractivity contribution in [3.05, 3.63) is 53.6 Å². The highest BCUT2D eigenvalue weighted by atomic mass is 16.5. The standard InChI is InChI=1S/C24H28N2O5/c1-29-17-6-4-5-15(11-17)24(28)26-13-20(21(14-26)23(27)25-16-7-8-16)19-10-9-18(30-2)12-22(19)31-3/h4-6,9-12,16,20-21H,7-8,13-14H2,1-3H3,(H,25,27)/t20-,21+/m0/s1. The van der Waals surface area contributed by atoms with E-state index >= 15 is 0 Å². The predicted octanol–water partition coefficient (Wildman–Crippen LogP) is 2.85. The number of nitrogens with zero attached hydrogens (tertiary/aromatic N) is 1. The van der Waals surface area contributed by atoms with E-state index in [0.29, 0.717) is 35.9 Å². The van der Waals surface area contributed by atoms with Gasteiger partial charge in [-0.25, -0.2) is 0 Å². The molecule has 2 atom stereocenters. The zero-order valence-corrected chi connectivity index (χ0v) is 18.1. The van der Waals surface area contributed by atoms with Crippen molar-refractivity contribution in [3.8, 4) is 17.2 Å². The third-order valence-electron chi connectivity index (χ3n) is 6.02. The van der Waals surface area contributed by atoms with Crippen molar-refractivity contribution >= 4 is 11.8 Å². The second-order valence-electron chi connectivity index (χ2n) is 8.05. The van der Waals surface area contributed by atoms with Gasteiger partial charge in [-0.05, 0) is 37.1 Å². The fraction of sp³-hybridized carbons (Fsp3) is 0.417. The van der Waals surface area contributed by atoms with Crippen LogP contribution in [0.1, 0.15) is 34.7 Å². The van der Waals surface area contributed by atoms with Gasteiger partial charge < -0.3 is 24.4 Å². The minimum absolute atomic E-state index is 0.00804. The summed E-state index contributed by atoms with van der Waals surface area (Å²) in [7, 11) is 4.78. The molecule has 0 aromatic heterocycles. The lowest BCUT2D eigenvalue weighted by atomic mass is 9.87. The molecule has 2 aromatic carbocycles. The number of hydrogen-bond acceptors (Lipinski definition) is 5. The van der Waals surface area contributed by atoms with Gasteiger partial charge in [0.25, 0.3) is 5.91 Å². The summed E-state index contributed by atoms with van der Waals surface area (Å²) >= 11 is 0. The number of amides is 2. The third-order valence-corrected chi connectivity index (χ3v) is 6.02. The zero-order chi connectivity index (χ0) is 22.0. The van der Waals surface area contributed by atoms with Gasteiger partial charge in [-0.1, -0.05) is 12.1 Å². The smallest absolute Gasteiger partial charge is 0.254 e. The first-order chi connectivity index (χ1) is 15.0. The molecule has 0 radical (unpaired) electrons. The minimum Gasteiger partial charge on any atom is -0.497 e. The summed E-state index contributed by atoms with van der Waals surface area (Å²) in [5, 5.41) is 3.11. The molecule has 7 heteroatoms. The molecule has 2 fully saturated rings. The van der Waals surface area contributed by atoms with Crippen LogP contribution in [0.25, 0.3) is 0 Å². The Labute approximate surface area is 182 Å². The molecule has 4 rings (SSSR count). The summed E-state index contributed by atoms with van der Waals surface area (Å²) in [5.41, 5.74) is 1.45. The van der Waals surface area contributed by atoms with Crippen LogP contribution in [0.5, 0.6) is 17.2 Å². The quantitative estimate of drug-likeness (QED) is 0.740. The molecule has 2 aromatic rings. The first kappa shape index (κ1) is 21.0. The van der Waals surface area contributed by atoms with Crippen LogP contribution in [0.15, 0.2) is 42.5 Å². The van der Waals surface area contributed by atoms with E-state index in [1.165, 1.54) is 0 Å². The van der Waals surface area contributed by atoms with Crippen LogP contribution in [0, 0.1) is 5.92 Å². The van der Waals surface area contributed by atoms with Crippen molar-refractivity contribution in [2.45, 2.75) is 24.8 Å². The minimum atomic E-state index is -0.350. The number of likely N-dealkylation sites (tertiary alicyclic amines) is 1. The van der Waals surface area contributed by atoms with Gasteiger partial charge >= 0.3 is 0 Å². The normalized spacial score (nSPS) is 20.3. The molecule has 0 bridgehead atoms. The topological polar surface area (TPSA) is 77.1 Å². The van der Waals surface area contributed by atoms with Crippen molar-refractivity contribution < 1.29 is 23.8 Å². The molecule has 0 unspecified atom stereocenters. The fourth-order valence-corrected chi connectivity index (χ4v) is 4.15. The van der Waals surface area contributed by atoms with Gasteiger partial charge in [0.15, 0.2) is 0 Å². The third kappa shape index (κ3) is 4.45. The number of ether oxygens (including phenoxy) is 3. The Bertz CT molecular complexity index is 972. The maximum atomic E-state index is 13.2. The van der Waals surface area contributed by atoms with Crippen LogP contribution < -0.4 is 19.5 Å². The lowest BCUT2D eigenvalue weighted by Gasteiger charge is -2.21. The molecule has 1 heterocycles. The summed E-state index contributed by atoms with van der Waals surface area (Å²) in [5.74, 6) is 1.32. The van der Waals surface area contributed by atoms with Crippen molar-refractivity contribution in [1.29, 1.82) is 0 Å². The Morgan fingerprint density at radius 3 is 2.35 bits per heavy atom. The molecule has 1 saturated heterocycles. The van der Waals surface area contributed by atoms with Crippen molar-refractivity contribution in [1.82, 2.24) is 10.2 Å². The van der Waals surface area contributed by atoms with E-state index in [0.717, 1.165) is 18.4 Å². The van der Waals surface area contributed by atoms with Crippen LogP contribution in [0.4, 0.5) is 0 Å². The number of nitrogens with one attached hydrogen (secondary N) is 1. The second-order valence-corrected chi connectivity index (χ2v) is 8.05. The van der Waals surface area contributed by atoms with Crippen LogP contribution in [-0.2, 0) is 4.79 Å². The lowest BCUT2D eigenvalue weighted by molar-refractivity contribution is -0.125. The maximum Gasteiger partial charge on any atom is 0.254 e. The molecule has 1 aliphatic heterocycles. The molecule has 0 spiro atoms. The Hall–Kier alpha value is -3.22. The second kappa shape index (κ2) is 8.88. The molecular weight excluding hydrogens is 396 g/mol. The first-order valence-corrected chi connectivity index (χ1v) is 10.5. The van der Waals surface area contributed by atoms with Crippen LogP contribution in [-0.4, -0.2) is 57.2 Å². The van der Waals surface area contributed by atoms with Crippen LogP contribution >= 0.6 is 0 Å². The highest BCUT2D eigenvalue weighted by molar-refractivity contribution is 5.95. The zero-order valence-electron chi connectivity index (χ0n) is 18.1. The number of carbonyl (C=O) groups excluding carboxylic acids is 2. The molecule has 31 heavy (non-hydrogen) atoms. The molecule has 164 valence electrons. The van der Waals surface area contributed by atoms with Gasteiger partial charge in [-0.3, -0.25) is 9.59 Å². The van der Waals surface area contributed by atoms with E-state index in [-0.39, 0.29) is 29.7 Å². The van der Waals surface area contributed by atoms with Gasteiger partial charge in [0.05, 0.1) is 27.2 Å². The molecule has 1 saturated carbocycles. The molecule has 2 amide bonds. The molecule has 7 nitrogen and oxygen atoms in total. The number of methoxy groups -OCH3 is 3. The van der Waals surface area contributed by atoms with E-state index in [1.807, 2.05) is 18.2 Å². The van der Waals surface area contributed by atoms with Gasteiger partial charge in [0.2, 0.25) is 5.91 Å². The molecule has 1 aliphatic carbocycles. The Morgan fingerprint density at radius 1 is 0.935 bits per heavy atom. The number of rotatable bonds is 7.